The fraction of sp³-hybridized carbons (Fsp3) is 0.286. The Bertz CT molecular complexity index is 511. The minimum Gasteiger partial charge on any atom is -0.332 e. The number of carbonyl (C=O) groups excluding carboxylic acids is 1. The van der Waals surface area contributed by atoms with E-state index in [1.165, 1.54) is 5.56 Å². The van der Waals surface area contributed by atoms with Gasteiger partial charge in [0.15, 0.2) is 5.82 Å². The van der Waals surface area contributed by atoms with E-state index in [2.05, 4.69) is 24.0 Å². The number of rotatable bonds is 4. The van der Waals surface area contributed by atoms with Gasteiger partial charge in [0.25, 0.3) is 0 Å². The first-order chi connectivity index (χ1) is 8.20. The third-order valence-electron chi connectivity index (χ3n) is 2.87. The molecular weight excluding hydrogens is 212 g/mol. The Balaban J connectivity index is 2.10. The number of imidazole rings is 1. The van der Waals surface area contributed by atoms with Crippen LogP contribution in [0.25, 0.3) is 0 Å². The van der Waals surface area contributed by atoms with Gasteiger partial charge in [-0.25, -0.2) is 4.98 Å². The topological polar surface area (TPSA) is 34.9 Å². The van der Waals surface area contributed by atoms with Crippen molar-refractivity contribution in [2.24, 2.45) is 7.05 Å². The molecule has 0 saturated heterocycles. The van der Waals surface area contributed by atoms with Crippen molar-refractivity contribution < 1.29 is 4.79 Å². The van der Waals surface area contributed by atoms with Gasteiger partial charge in [0.05, 0.1) is 0 Å². The molecule has 0 atom stereocenters. The van der Waals surface area contributed by atoms with E-state index in [0.29, 0.717) is 12.2 Å². The number of hydrogen-bond donors (Lipinski definition) is 0. The lowest BCUT2D eigenvalue weighted by atomic mass is 10.1. The van der Waals surface area contributed by atoms with Crippen molar-refractivity contribution in [3.8, 4) is 0 Å². The molecule has 17 heavy (non-hydrogen) atoms. The lowest BCUT2D eigenvalue weighted by Crippen LogP contribution is -2.10. The van der Waals surface area contributed by atoms with Gasteiger partial charge >= 0.3 is 0 Å². The highest BCUT2D eigenvalue weighted by Gasteiger charge is 2.11. The Labute approximate surface area is 101 Å². The normalized spacial score (nSPS) is 10.5. The Hall–Kier alpha value is -1.90. The van der Waals surface area contributed by atoms with Crippen LogP contribution < -0.4 is 0 Å². The highest BCUT2D eigenvalue weighted by Crippen LogP contribution is 2.08. The second-order valence-electron chi connectivity index (χ2n) is 4.13. The zero-order chi connectivity index (χ0) is 12.3. The Kier molecular flexibility index (Phi) is 3.38. The van der Waals surface area contributed by atoms with E-state index in [4.69, 9.17) is 0 Å². The molecule has 2 rings (SSSR count). The number of aryl methyl sites for hydroxylation is 2. The van der Waals surface area contributed by atoms with Gasteiger partial charge in [0.1, 0.15) is 0 Å². The highest BCUT2D eigenvalue weighted by molar-refractivity contribution is 5.94. The van der Waals surface area contributed by atoms with Crippen LogP contribution in [-0.2, 0) is 19.9 Å². The Morgan fingerprint density at radius 2 is 1.88 bits per heavy atom. The highest BCUT2D eigenvalue weighted by atomic mass is 16.1. The zero-order valence-electron chi connectivity index (χ0n) is 10.2. The van der Waals surface area contributed by atoms with Crippen molar-refractivity contribution in [2.75, 3.05) is 0 Å². The summed E-state index contributed by atoms with van der Waals surface area (Å²) in [6, 6.07) is 8.17. The van der Waals surface area contributed by atoms with Crippen molar-refractivity contribution >= 4 is 5.78 Å². The SMILES string of the molecule is CCc1ccc(CC(=O)c2nccn2C)cc1. The number of aromatic nitrogens is 2. The molecule has 0 aliphatic heterocycles. The first-order valence-electron chi connectivity index (χ1n) is 5.79. The fourth-order valence-corrected chi connectivity index (χ4v) is 1.79. The summed E-state index contributed by atoms with van der Waals surface area (Å²) in [5, 5.41) is 0. The maximum atomic E-state index is 12.0. The quantitative estimate of drug-likeness (QED) is 0.753. The van der Waals surface area contributed by atoms with E-state index in [-0.39, 0.29) is 5.78 Å². The van der Waals surface area contributed by atoms with Crippen LogP contribution in [0, 0.1) is 0 Å². The first kappa shape index (κ1) is 11.6. The molecule has 0 aliphatic rings. The van der Waals surface area contributed by atoms with E-state index in [9.17, 15) is 4.79 Å². The maximum absolute atomic E-state index is 12.0. The number of nitrogens with zero attached hydrogens (tertiary/aromatic N) is 2. The minimum absolute atomic E-state index is 0.0572. The van der Waals surface area contributed by atoms with Crippen molar-refractivity contribution in [1.29, 1.82) is 0 Å². The van der Waals surface area contributed by atoms with Gasteiger partial charge in [0, 0.05) is 25.9 Å². The Morgan fingerprint density at radius 1 is 1.24 bits per heavy atom. The number of benzene rings is 1. The molecule has 1 heterocycles. The van der Waals surface area contributed by atoms with Crippen LogP contribution >= 0.6 is 0 Å². The van der Waals surface area contributed by atoms with Crippen LogP contribution in [0.15, 0.2) is 36.7 Å². The molecule has 0 radical (unpaired) electrons. The molecule has 1 aromatic carbocycles. The standard InChI is InChI=1S/C14H16N2O/c1-3-11-4-6-12(7-5-11)10-13(17)14-15-8-9-16(14)2/h4-9H,3,10H2,1-2H3. The summed E-state index contributed by atoms with van der Waals surface area (Å²) in [6.07, 6.45) is 4.86. The van der Waals surface area contributed by atoms with E-state index in [0.717, 1.165) is 12.0 Å². The largest absolute Gasteiger partial charge is 0.332 e. The summed E-state index contributed by atoms with van der Waals surface area (Å²) >= 11 is 0. The number of Topliss-reactive ketones (excluding diaryl/α,β-unsaturated/α-hetero) is 1. The van der Waals surface area contributed by atoms with Crippen molar-refractivity contribution in [2.45, 2.75) is 19.8 Å². The Morgan fingerprint density at radius 3 is 2.41 bits per heavy atom. The van der Waals surface area contributed by atoms with E-state index in [1.807, 2.05) is 19.2 Å². The molecular formula is C14H16N2O. The second-order valence-corrected chi connectivity index (χ2v) is 4.13. The van der Waals surface area contributed by atoms with Crippen LogP contribution in [0.4, 0.5) is 0 Å². The van der Waals surface area contributed by atoms with Crippen LogP contribution in [0.3, 0.4) is 0 Å². The smallest absolute Gasteiger partial charge is 0.202 e. The van der Waals surface area contributed by atoms with Gasteiger partial charge in [0.2, 0.25) is 5.78 Å². The predicted octanol–water partition coefficient (Wildman–Crippen LogP) is 2.41. The molecule has 0 fully saturated rings. The summed E-state index contributed by atoms with van der Waals surface area (Å²) < 4.78 is 1.75. The van der Waals surface area contributed by atoms with Crippen LogP contribution in [0.5, 0.6) is 0 Å². The molecule has 0 aliphatic carbocycles. The average Bonchev–Trinajstić information content (AvgIpc) is 2.76. The minimum atomic E-state index is 0.0572. The second kappa shape index (κ2) is 4.95. The summed E-state index contributed by atoms with van der Waals surface area (Å²) in [5.74, 6) is 0.575. The number of hydrogen-bond acceptors (Lipinski definition) is 2. The lowest BCUT2D eigenvalue weighted by molar-refractivity contribution is 0.0980. The van der Waals surface area contributed by atoms with E-state index in [1.54, 1.807) is 17.0 Å². The molecule has 2 aromatic rings. The predicted molar refractivity (Wildman–Crippen MR) is 67.1 cm³/mol. The molecule has 3 nitrogen and oxygen atoms in total. The van der Waals surface area contributed by atoms with Gasteiger partial charge in [-0.15, -0.1) is 0 Å². The maximum Gasteiger partial charge on any atom is 0.202 e. The van der Waals surface area contributed by atoms with Crippen LogP contribution in [0.2, 0.25) is 0 Å². The van der Waals surface area contributed by atoms with Crippen LogP contribution in [0.1, 0.15) is 28.7 Å². The zero-order valence-corrected chi connectivity index (χ0v) is 10.2. The molecule has 0 amide bonds. The third kappa shape index (κ3) is 2.61. The molecule has 1 aromatic heterocycles. The van der Waals surface area contributed by atoms with E-state index < -0.39 is 0 Å². The van der Waals surface area contributed by atoms with Crippen molar-refractivity contribution in [1.82, 2.24) is 9.55 Å². The summed E-state index contributed by atoms with van der Waals surface area (Å²) in [6.45, 7) is 2.12. The van der Waals surface area contributed by atoms with Gasteiger partial charge in [-0.3, -0.25) is 4.79 Å². The first-order valence-corrected chi connectivity index (χ1v) is 5.79. The fourth-order valence-electron chi connectivity index (χ4n) is 1.79. The summed E-state index contributed by atoms with van der Waals surface area (Å²) in [7, 11) is 1.83. The molecule has 0 bridgehead atoms. The van der Waals surface area contributed by atoms with Gasteiger partial charge in [-0.1, -0.05) is 31.2 Å². The monoisotopic (exact) mass is 228 g/mol. The molecule has 0 saturated carbocycles. The average molecular weight is 228 g/mol. The van der Waals surface area contributed by atoms with Crippen LogP contribution in [-0.4, -0.2) is 15.3 Å². The number of ketones is 1. The summed E-state index contributed by atoms with van der Waals surface area (Å²) in [4.78, 5) is 16.0. The molecule has 0 unspecified atom stereocenters. The van der Waals surface area contributed by atoms with Gasteiger partial charge in [-0.2, -0.15) is 0 Å². The van der Waals surface area contributed by atoms with Crippen molar-refractivity contribution in [3.63, 3.8) is 0 Å². The number of carbonyl (C=O) groups is 1. The van der Waals surface area contributed by atoms with E-state index >= 15 is 0 Å². The molecule has 88 valence electrons. The molecule has 3 heteroatoms. The van der Waals surface area contributed by atoms with Gasteiger partial charge < -0.3 is 4.57 Å². The summed E-state index contributed by atoms with van der Waals surface area (Å²) in [5.41, 5.74) is 2.33. The van der Waals surface area contributed by atoms with Crippen molar-refractivity contribution in [3.05, 3.63) is 53.6 Å². The third-order valence-corrected chi connectivity index (χ3v) is 2.87. The molecule has 0 N–H and O–H groups in total. The lowest BCUT2D eigenvalue weighted by Gasteiger charge is -2.03. The van der Waals surface area contributed by atoms with Gasteiger partial charge in [-0.05, 0) is 17.5 Å². The molecule has 0 spiro atoms.